The van der Waals surface area contributed by atoms with Gasteiger partial charge in [-0.1, -0.05) is 23.7 Å². The molecular weight excluding hydrogens is 320 g/mol. The van der Waals surface area contributed by atoms with Gasteiger partial charge in [0.05, 0.1) is 6.21 Å². The standard InChI is InChI=1S/C15H17ClN4O3/c1-15(2)13(22)20(14(23)18-15)7-6-12(21)19-17-9-10-4-3-5-11(16)8-10/h3-5,8-9H,6-7H2,1-2H3,(H,18,23)(H,19,21)/b17-9-. The van der Waals surface area contributed by atoms with Crippen LogP contribution in [0.15, 0.2) is 29.4 Å². The van der Waals surface area contributed by atoms with E-state index in [1.54, 1.807) is 38.1 Å². The van der Waals surface area contributed by atoms with Gasteiger partial charge in [-0.15, -0.1) is 0 Å². The number of rotatable bonds is 5. The highest BCUT2D eigenvalue weighted by atomic mass is 35.5. The van der Waals surface area contributed by atoms with Gasteiger partial charge in [-0.05, 0) is 31.5 Å². The summed E-state index contributed by atoms with van der Waals surface area (Å²) < 4.78 is 0. The van der Waals surface area contributed by atoms with Crippen LogP contribution in [0.3, 0.4) is 0 Å². The van der Waals surface area contributed by atoms with E-state index in [2.05, 4.69) is 15.8 Å². The van der Waals surface area contributed by atoms with E-state index in [0.717, 1.165) is 10.5 Å². The van der Waals surface area contributed by atoms with Crippen molar-refractivity contribution in [3.63, 3.8) is 0 Å². The monoisotopic (exact) mass is 336 g/mol. The number of hydrogen-bond acceptors (Lipinski definition) is 4. The third kappa shape index (κ3) is 4.29. The number of urea groups is 1. The molecule has 0 bridgehead atoms. The Morgan fingerprint density at radius 2 is 2.17 bits per heavy atom. The Hall–Kier alpha value is -2.41. The summed E-state index contributed by atoms with van der Waals surface area (Å²) in [6.45, 7) is 3.23. The maximum atomic E-state index is 11.9. The van der Waals surface area contributed by atoms with Gasteiger partial charge in [0.1, 0.15) is 5.54 Å². The maximum absolute atomic E-state index is 11.9. The Balaban J connectivity index is 1.82. The number of benzene rings is 1. The predicted octanol–water partition coefficient (Wildman–Crippen LogP) is 1.51. The van der Waals surface area contributed by atoms with Crippen LogP contribution in [-0.4, -0.2) is 41.0 Å². The van der Waals surface area contributed by atoms with Crippen molar-refractivity contribution in [3.05, 3.63) is 34.9 Å². The SMILES string of the molecule is CC1(C)NC(=O)N(CCC(=O)N/N=C\c2cccc(Cl)c2)C1=O. The van der Waals surface area contributed by atoms with E-state index in [4.69, 9.17) is 11.6 Å². The van der Waals surface area contributed by atoms with Crippen LogP contribution in [0.2, 0.25) is 5.02 Å². The molecule has 23 heavy (non-hydrogen) atoms. The molecule has 0 aromatic heterocycles. The van der Waals surface area contributed by atoms with Gasteiger partial charge < -0.3 is 5.32 Å². The van der Waals surface area contributed by atoms with Crippen molar-refractivity contribution in [3.8, 4) is 0 Å². The molecule has 1 aromatic rings. The number of hydrogen-bond donors (Lipinski definition) is 2. The molecule has 4 amide bonds. The molecule has 1 saturated heterocycles. The fraction of sp³-hybridized carbons (Fsp3) is 0.333. The molecule has 2 N–H and O–H groups in total. The summed E-state index contributed by atoms with van der Waals surface area (Å²) in [4.78, 5) is 36.4. The van der Waals surface area contributed by atoms with E-state index < -0.39 is 17.5 Å². The third-order valence-corrected chi connectivity index (χ3v) is 3.49. The largest absolute Gasteiger partial charge is 0.325 e. The number of carbonyl (C=O) groups excluding carboxylic acids is 3. The summed E-state index contributed by atoms with van der Waals surface area (Å²) in [5.41, 5.74) is 2.15. The lowest BCUT2D eigenvalue weighted by Gasteiger charge is -2.15. The minimum absolute atomic E-state index is 0.00656. The van der Waals surface area contributed by atoms with Gasteiger partial charge in [0, 0.05) is 18.0 Å². The molecule has 0 saturated carbocycles. The predicted molar refractivity (Wildman–Crippen MR) is 86.1 cm³/mol. The second kappa shape index (κ2) is 6.78. The van der Waals surface area contributed by atoms with Gasteiger partial charge in [0.25, 0.3) is 5.91 Å². The number of nitrogens with zero attached hydrogens (tertiary/aromatic N) is 2. The summed E-state index contributed by atoms with van der Waals surface area (Å²) in [6, 6.07) is 6.50. The minimum atomic E-state index is -0.932. The molecular formula is C15H17ClN4O3. The van der Waals surface area contributed by atoms with Crippen LogP contribution in [0.25, 0.3) is 0 Å². The van der Waals surface area contributed by atoms with E-state index in [1.807, 2.05) is 0 Å². The first-order valence-electron chi connectivity index (χ1n) is 7.01. The van der Waals surface area contributed by atoms with E-state index in [-0.39, 0.29) is 18.9 Å². The zero-order valence-corrected chi connectivity index (χ0v) is 13.6. The van der Waals surface area contributed by atoms with E-state index in [0.29, 0.717) is 5.02 Å². The lowest BCUT2D eigenvalue weighted by atomic mass is 10.1. The number of halogens is 1. The summed E-state index contributed by atoms with van der Waals surface area (Å²) >= 11 is 5.83. The fourth-order valence-corrected chi connectivity index (χ4v) is 2.25. The topological polar surface area (TPSA) is 90.9 Å². The normalized spacial score (nSPS) is 16.7. The zero-order chi connectivity index (χ0) is 17.0. The first-order chi connectivity index (χ1) is 10.8. The Labute approximate surface area is 138 Å². The van der Waals surface area contributed by atoms with Crippen molar-refractivity contribution < 1.29 is 14.4 Å². The maximum Gasteiger partial charge on any atom is 0.325 e. The number of nitrogens with one attached hydrogen (secondary N) is 2. The van der Waals surface area contributed by atoms with Crippen LogP contribution >= 0.6 is 11.6 Å². The van der Waals surface area contributed by atoms with Crippen LogP contribution in [0.4, 0.5) is 4.79 Å². The molecule has 0 aliphatic carbocycles. The van der Waals surface area contributed by atoms with Crippen LogP contribution in [0.5, 0.6) is 0 Å². The summed E-state index contributed by atoms with van der Waals surface area (Å²) in [5.74, 6) is -0.744. The Kier molecular flexibility index (Phi) is 5.00. The molecule has 1 heterocycles. The number of imide groups is 1. The highest BCUT2D eigenvalue weighted by Crippen LogP contribution is 2.16. The van der Waals surface area contributed by atoms with E-state index in [1.165, 1.54) is 6.21 Å². The van der Waals surface area contributed by atoms with Crippen LogP contribution < -0.4 is 10.7 Å². The average molecular weight is 337 g/mol. The van der Waals surface area contributed by atoms with E-state index in [9.17, 15) is 14.4 Å². The highest BCUT2D eigenvalue weighted by molar-refractivity contribution is 6.30. The molecule has 0 spiro atoms. The molecule has 1 aromatic carbocycles. The molecule has 1 aliphatic rings. The molecule has 2 rings (SSSR count). The van der Waals surface area contributed by atoms with Crippen LogP contribution in [0, 0.1) is 0 Å². The number of amides is 4. The molecule has 0 unspecified atom stereocenters. The average Bonchev–Trinajstić information content (AvgIpc) is 2.65. The zero-order valence-electron chi connectivity index (χ0n) is 12.8. The van der Waals surface area contributed by atoms with Gasteiger partial charge in [0.15, 0.2) is 0 Å². The first-order valence-corrected chi connectivity index (χ1v) is 7.39. The van der Waals surface area contributed by atoms with Gasteiger partial charge in [-0.25, -0.2) is 10.2 Å². The van der Waals surface area contributed by atoms with Crippen molar-refractivity contribution in [2.75, 3.05) is 6.54 Å². The lowest BCUT2D eigenvalue weighted by Crippen LogP contribution is -2.40. The molecule has 0 radical (unpaired) electrons. The number of carbonyl (C=O) groups is 3. The third-order valence-electron chi connectivity index (χ3n) is 3.26. The van der Waals surface area contributed by atoms with Crippen LogP contribution in [-0.2, 0) is 9.59 Å². The van der Waals surface area contributed by atoms with Crippen molar-refractivity contribution in [1.82, 2.24) is 15.6 Å². The number of hydrazone groups is 1. The van der Waals surface area contributed by atoms with Gasteiger partial charge >= 0.3 is 6.03 Å². The van der Waals surface area contributed by atoms with Crippen molar-refractivity contribution >= 4 is 35.7 Å². The lowest BCUT2D eigenvalue weighted by molar-refractivity contribution is -0.130. The Bertz CT molecular complexity index is 672. The quantitative estimate of drug-likeness (QED) is 0.485. The second-order valence-electron chi connectivity index (χ2n) is 5.61. The second-order valence-corrected chi connectivity index (χ2v) is 6.05. The molecule has 8 heteroatoms. The van der Waals surface area contributed by atoms with Crippen molar-refractivity contribution in [1.29, 1.82) is 0 Å². The van der Waals surface area contributed by atoms with Crippen molar-refractivity contribution in [2.24, 2.45) is 5.10 Å². The molecule has 0 atom stereocenters. The Morgan fingerprint density at radius 1 is 1.43 bits per heavy atom. The fourth-order valence-electron chi connectivity index (χ4n) is 2.06. The highest BCUT2D eigenvalue weighted by Gasteiger charge is 2.43. The minimum Gasteiger partial charge on any atom is -0.324 e. The molecule has 1 fully saturated rings. The molecule has 7 nitrogen and oxygen atoms in total. The van der Waals surface area contributed by atoms with Crippen molar-refractivity contribution in [2.45, 2.75) is 25.8 Å². The first kappa shape index (κ1) is 17.0. The summed E-state index contributed by atoms with van der Waals surface area (Å²) in [6.07, 6.45) is 1.43. The summed E-state index contributed by atoms with van der Waals surface area (Å²) in [5, 5.41) is 6.93. The van der Waals surface area contributed by atoms with Gasteiger partial charge in [-0.2, -0.15) is 5.10 Å². The smallest absolute Gasteiger partial charge is 0.324 e. The van der Waals surface area contributed by atoms with Gasteiger partial charge in [0.2, 0.25) is 5.91 Å². The Morgan fingerprint density at radius 3 is 2.78 bits per heavy atom. The molecule has 122 valence electrons. The van der Waals surface area contributed by atoms with Gasteiger partial charge in [-0.3, -0.25) is 14.5 Å². The van der Waals surface area contributed by atoms with Crippen LogP contribution in [0.1, 0.15) is 25.8 Å². The molecule has 1 aliphatic heterocycles. The summed E-state index contributed by atoms with van der Waals surface area (Å²) in [7, 11) is 0. The van der Waals surface area contributed by atoms with E-state index >= 15 is 0 Å².